The highest BCUT2D eigenvalue weighted by Gasteiger charge is 2.47. The van der Waals surface area contributed by atoms with Crippen LogP contribution < -0.4 is 0 Å². The van der Waals surface area contributed by atoms with Gasteiger partial charge in [-0.2, -0.15) is 0 Å². The number of nitrogens with zero attached hydrogens (tertiary/aromatic N) is 2. The molecule has 142 valence electrons. The first kappa shape index (κ1) is 18.5. The number of rotatable bonds is 5. The van der Waals surface area contributed by atoms with E-state index in [1.165, 1.54) is 0 Å². The molecule has 0 unspecified atom stereocenters. The molecule has 6 heteroatoms. The number of phenolic OH excluding ortho intramolecular Hbond substituents is 1. The number of carbonyl (C=O) groups is 2. The van der Waals surface area contributed by atoms with Gasteiger partial charge in [0.2, 0.25) is 5.91 Å². The monoisotopic (exact) mass is 360 g/mol. The molecule has 2 heterocycles. The maximum absolute atomic E-state index is 12.5. The molecule has 1 N–H and O–H groups in total. The first-order valence-electron chi connectivity index (χ1n) is 9.40. The average molecular weight is 360 g/mol. The van der Waals surface area contributed by atoms with Crippen LogP contribution in [0.4, 0.5) is 4.79 Å². The van der Waals surface area contributed by atoms with Crippen molar-refractivity contribution in [3.63, 3.8) is 0 Å². The smallest absolute Gasteiger partial charge is 0.410 e. The number of piperidine rings is 1. The standard InChI is InChI=1S/C20H28N2O4/c1-15(2)7-10-22-14-20(26-19(22)25)8-11-21(12-9-20)18(24)13-16-3-5-17(23)6-4-16/h3-6,15,23H,7-14H2,1-2H3. The van der Waals surface area contributed by atoms with Crippen molar-refractivity contribution >= 4 is 12.0 Å². The predicted molar refractivity (Wildman–Crippen MR) is 97.9 cm³/mol. The Morgan fingerprint density at radius 2 is 1.88 bits per heavy atom. The molecule has 1 aromatic rings. The topological polar surface area (TPSA) is 70.1 Å². The van der Waals surface area contributed by atoms with E-state index < -0.39 is 5.60 Å². The Morgan fingerprint density at radius 3 is 2.50 bits per heavy atom. The van der Waals surface area contributed by atoms with Crippen LogP contribution in [0, 0.1) is 5.92 Å². The fourth-order valence-corrected chi connectivity index (χ4v) is 3.60. The van der Waals surface area contributed by atoms with E-state index in [1.54, 1.807) is 24.3 Å². The summed E-state index contributed by atoms with van der Waals surface area (Å²) in [5, 5.41) is 9.33. The Labute approximate surface area is 154 Å². The number of amides is 2. The van der Waals surface area contributed by atoms with Crippen LogP contribution in [-0.4, -0.2) is 58.7 Å². The van der Waals surface area contributed by atoms with Gasteiger partial charge in [-0.25, -0.2) is 4.79 Å². The van der Waals surface area contributed by atoms with Crippen LogP contribution in [0.25, 0.3) is 0 Å². The van der Waals surface area contributed by atoms with E-state index >= 15 is 0 Å². The number of hydrogen-bond acceptors (Lipinski definition) is 4. The number of carbonyl (C=O) groups excluding carboxylic acids is 2. The van der Waals surface area contributed by atoms with Gasteiger partial charge in [0.15, 0.2) is 0 Å². The van der Waals surface area contributed by atoms with Crippen LogP contribution in [0.2, 0.25) is 0 Å². The molecule has 0 radical (unpaired) electrons. The number of aromatic hydroxyl groups is 1. The van der Waals surface area contributed by atoms with Crippen LogP contribution in [0.1, 0.15) is 38.7 Å². The van der Waals surface area contributed by atoms with Crippen LogP contribution in [0.15, 0.2) is 24.3 Å². The second kappa shape index (κ2) is 7.56. The molecule has 6 nitrogen and oxygen atoms in total. The molecule has 0 aromatic heterocycles. The molecule has 0 atom stereocenters. The number of ether oxygens (including phenoxy) is 1. The number of likely N-dealkylation sites (tertiary alicyclic amines) is 1. The minimum Gasteiger partial charge on any atom is -0.508 e. The third-order valence-corrected chi connectivity index (χ3v) is 5.34. The molecule has 0 saturated carbocycles. The van der Waals surface area contributed by atoms with Gasteiger partial charge in [0.25, 0.3) is 0 Å². The number of phenols is 1. The fourth-order valence-electron chi connectivity index (χ4n) is 3.60. The molecular formula is C20H28N2O4. The summed E-state index contributed by atoms with van der Waals surface area (Å²) < 4.78 is 5.72. The zero-order valence-electron chi connectivity index (χ0n) is 15.6. The van der Waals surface area contributed by atoms with E-state index in [-0.39, 0.29) is 17.7 Å². The highest BCUT2D eigenvalue weighted by atomic mass is 16.6. The summed E-state index contributed by atoms with van der Waals surface area (Å²) in [6.45, 7) is 6.90. The van der Waals surface area contributed by atoms with Crippen LogP contribution in [-0.2, 0) is 16.0 Å². The van der Waals surface area contributed by atoms with Gasteiger partial charge in [-0.3, -0.25) is 4.79 Å². The SMILES string of the molecule is CC(C)CCN1CC2(CCN(C(=O)Cc3ccc(O)cc3)CC2)OC1=O. The first-order valence-corrected chi connectivity index (χ1v) is 9.40. The van der Waals surface area contributed by atoms with Crippen LogP contribution >= 0.6 is 0 Å². The Balaban J connectivity index is 1.51. The predicted octanol–water partition coefficient (Wildman–Crippen LogP) is 2.79. The quantitative estimate of drug-likeness (QED) is 0.877. The number of benzene rings is 1. The van der Waals surface area contributed by atoms with Crippen molar-refractivity contribution in [2.24, 2.45) is 5.92 Å². The molecule has 2 fully saturated rings. The van der Waals surface area contributed by atoms with Gasteiger partial charge in [0.05, 0.1) is 13.0 Å². The van der Waals surface area contributed by atoms with Gasteiger partial charge < -0.3 is 19.6 Å². The van der Waals surface area contributed by atoms with Gasteiger partial charge in [-0.05, 0) is 30.0 Å². The summed E-state index contributed by atoms with van der Waals surface area (Å²) in [5.41, 5.74) is 0.462. The maximum atomic E-state index is 12.5. The molecule has 2 aliphatic heterocycles. The summed E-state index contributed by atoms with van der Waals surface area (Å²) in [7, 11) is 0. The maximum Gasteiger partial charge on any atom is 0.410 e. The lowest BCUT2D eigenvalue weighted by atomic mass is 9.91. The van der Waals surface area contributed by atoms with E-state index in [1.807, 2.05) is 9.80 Å². The van der Waals surface area contributed by atoms with Crippen molar-refractivity contribution in [2.45, 2.75) is 45.1 Å². The average Bonchev–Trinajstić information content (AvgIpc) is 2.91. The zero-order chi connectivity index (χ0) is 18.7. The second-order valence-electron chi connectivity index (χ2n) is 7.88. The molecule has 0 aliphatic carbocycles. The lowest BCUT2D eigenvalue weighted by Crippen LogP contribution is -2.49. The summed E-state index contributed by atoms with van der Waals surface area (Å²) in [4.78, 5) is 28.3. The van der Waals surface area contributed by atoms with Gasteiger partial charge in [0.1, 0.15) is 11.4 Å². The fraction of sp³-hybridized carbons (Fsp3) is 0.600. The van der Waals surface area contributed by atoms with E-state index in [0.29, 0.717) is 44.8 Å². The molecule has 2 amide bonds. The van der Waals surface area contributed by atoms with Crippen molar-refractivity contribution in [2.75, 3.05) is 26.2 Å². The summed E-state index contributed by atoms with van der Waals surface area (Å²) in [6.07, 6.45) is 2.47. The molecule has 1 aromatic carbocycles. The molecular weight excluding hydrogens is 332 g/mol. The van der Waals surface area contributed by atoms with E-state index in [2.05, 4.69) is 13.8 Å². The van der Waals surface area contributed by atoms with Crippen LogP contribution in [0.5, 0.6) is 5.75 Å². The number of hydrogen-bond donors (Lipinski definition) is 1. The summed E-state index contributed by atoms with van der Waals surface area (Å²) in [5.74, 6) is 0.830. The van der Waals surface area contributed by atoms with Crippen molar-refractivity contribution in [1.82, 2.24) is 9.80 Å². The lowest BCUT2D eigenvalue weighted by molar-refractivity contribution is -0.133. The lowest BCUT2D eigenvalue weighted by Gasteiger charge is -2.37. The normalized spacial score (nSPS) is 19.3. The third kappa shape index (κ3) is 4.29. The minimum absolute atomic E-state index is 0.0755. The minimum atomic E-state index is -0.427. The largest absolute Gasteiger partial charge is 0.508 e. The Kier molecular flexibility index (Phi) is 5.39. The van der Waals surface area contributed by atoms with E-state index in [9.17, 15) is 14.7 Å². The molecule has 1 spiro atoms. The van der Waals surface area contributed by atoms with Crippen molar-refractivity contribution in [1.29, 1.82) is 0 Å². The van der Waals surface area contributed by atoms with Crippen molar-refractivity contribution in [3.05, 3.63) is 29.8 Å². The summed E-state index contributed by atoms with van der Waals surface area (Å²) >= 11 is 0. The summed E-state index contributed by atoms with van der Waals surface area (Å²) in [6, 6.07) is 6.73. The van der Waals surface area contributed by atoms with Crippen molar-refractivity contribution in [3.8, 4) is 5.75 Å². The van der Waals surface area contributed by atoms with Gasteiger partial charge >= 0.3 is 6.09 Å². The highest BCUT2D eigenvalue weighted by molar-refractivity contribution is 5.79. The van der Waals surface area contributed by atoms with Gasteiger partial charge in [-0.1, -0.05) is 26.0 Å². The first-order chi connectivity index (χ1) is 12.4. The zero-order valence-corrected chi connectivity index (χ0v) is 15.6. The van der Waals surface area contributed by atoms with E-state index in [4.69, 9.17) is 4.74 Å². The molecule has 2 saturated heterocycles. The Morgan fingerprint density at radius 1 is 1.23 bits per heavy atom. The Hall–Kier alpha value is -2.24. The van der Waals surface area contributed by atoms with Crippen molar-refractivity contribution < 1.29 is 19.4 Å². The van der Waals surface area contributed by atoms with Gasteiger partial charge in [-0.15, -0.1) is 0 Å². The van der Waals surface area contributed by atoms with Gasteiger partial charge in [0, 0.05) is 32.5 Å². The van der Waals surface area contributed by atoms with E-state index in [0.717, 1.165) is 18.5 Å². The molecule has 0 bridgehead atoms. The molecule has 2 aliphatic rings. The van der Waals surface area contributed by atoms with Crippen LogP contribution in [0.3, 0.4) is 0 Å². The second-order valence-corrected chi connectivity index (χ2v) is 7.88. The Bertz CT molecular complexity index is 648. The molecule has 3 rings (SSSR count). The third-order valence-electron chi connectivity index (χ3n) is 5.34. The highest BCUT2D eigenvalue weighted by Crippen LogP contribution is 2.33. The molecule has 26 heavy (non-hydrogen) atoms.